The van der Waals surface area contributed by atoms with E-state index in [0.717, 1.165) is 37.6 Å². The molecular weight excluding hydrogens is 418 g/mol. The highest BCUT2D eigenvalue weighted by atomic mass is 16.5. The maximum Gasteiger partial charge on any atom is 0.245 e. The number of nitrogens with zero attached hydrogens (tertiary/aromatic N) is 3. The van der Waals surface area contributed by atoms with E-state index in [2.05, 4.69) is 17.0 Å². The van der Waals surface area contributed by atoms with E-state index in [0.29, 0.717) is 25.8 Å². The lowest BCUT2D eigenvalue weighted by Crippen LogP contribution is -2.50. The SMILES string of the molecule is CC(C)CC(C(=O)N(C)Cc1ccc(N2CCOCC2)cc1)N1C(=O)C2CC=CCC2C1=O. The third-order valence-corrected chi connectivity index (χ3v) is 6.94. The predicted octanol–water partition coefficient (Wildman–Crippen LogP) is 2.85. The van der Waals surface area contributed by atoms with Crippen LogP contribution in [0.25, 0.3) is 0 Å². The molecule has 7 nitrogen and oxygen atoms in total. The maximum absolute atomic E-state index is 13.5. The molecule has 0 saturated carbocycles. The number of likely N-dealkylation sites (N-methyl/N-ethyl adjacent to an activating group) is 1. The molecule has 0 aromatic heterocycles. The van der Waals surface area contributed by atoms with Gasteiger partial charge in [-0.15, -0.1) is 0 Å². The quantitative estimate of drug-likeness (QED) is 0.469. The van der Waals surface area contributed by atoms with Crippen molar-refractivity contribution in [1.82, 2.24) is 9.80 Å². The average molecular weight is 454 g/mol. The fourth-order valence-corrected chi connectivity index (χ4v) is 5.14. The average Bonchev–Trinajstić information content (AvgIpc) is 3.08. The van der Waals surface area contributed by atoms with Gasteiger partial charge in [-0.05, 0) is 42.9 Å². The first-order valence-electron chi connectivity index (χ1n) is 12.1. The predicted molar refractivity (Wildman–Crippen MR) is 126 cm³/mol. The van der Waals surface area contributed by atoms with Crippen molar-refractivity contribution in [2.75, 3.05) is 38.3 Å². The van der Waals surface area contributed by atoms with Crippen LogP contribution in [-0.4, -0.2) is 66.9 Å². The number of likely N-dealkylation sites (tertiary alicyclic amines) is 1. The molecule has 1 aromatic carbocycles. The second-order valence-corrected chi connectivity index (χ2v) is 9.81. The van der Waals surface area contributed by atoms with Gasteiger partial charge < -0.3 is 14.5 Å². The Hall–Kier alpha value is -2.67. The van der Waals surface area contributed by atoms with Crippen LogP contribution < -0.4 is 4.90 Å². The molecular formula is C26H35N3O4. The minimum Gasteiger partial charge on any atom is -0.378 e. The Morgan fingerprint density at radius 1 is 1.03 bits per heavy atom. The summed E-state index contributed by atoms with van der Waals surface area (Å²) in [5, 5.41) is 0. The van der Waals surface area contributed by atoms with Gasteiger partial charge in [0.2, 0.25) is 17.7 Å². The van der Waals surface area contributed by atoms with Crippen LogP contribution in [0.15, 0.2) is 36.4 Å². The number of anilines is 1. The fraction of sp³-hybridized carbons (Fsp3) is 0.577. The molecule has 0 bridgehead atoms. The molecule has 4 rings (SSSR count). The van der Waals surface area contributed by atoms with E-state index in [-0.39, 0.29) is 35.5 Å². The molecule has 1 aromatic rings. The number of ether oxygens (including phenoxy) is 1. The number of rotatable bonds is 7. The zero-order valence-corrected chi connectivity index (χ0v) is 19.9. The molecule has 3 atom stereocenters. The van der Waals surface area contributed by atoms with Crippen LogP contribution in [0.2, 0.25) is 0 Å². The van der Waals surface area contributed by atoms with Gasteiger partial charge in [0.1, 0.15) is 6.04 Å². The fourth-order valence-electron chi connectivity index (χ4n) is 5.14. The topological polar surface area (TPSA) is 70.2 Å². The summed E-state index contributed by atoms with van der Waals surface area (Å²) >= 11 is 0. The van der Waals surface area contributed by atoms with Crippen molar-refractivity contribution in [2.24, 2.45) is 17.8 Å². The van der Waals surface area contributed by atoms with E-state index < -0.39 is 6.04 Å². The second kappa shape index (κ2) is 10.1. The Labute approximate surface area is 196 Å². The van der Waals surface area contributed by atoms with Gasteiger partial charge in [-0.25, -0.2) is 0 Å². The number of benzene rings is 1. The molecule has 2 heterocycles. The Balaban J connectivity index is 1.46. The molecule has 3 aliphatic rings. The zero-order valence-electron chi connectivity index (χ0n) is 19.9. The lowest BCUT2D eigenvalue weighted by atomic mass is 9.85. The number of hydrogen-bond acceptors (Lipinski definition) is 5. The first-order valence-corrected chi connectivity index (χ1v) is 12.1. The third-order valence-electron chi connectivity index (χ3n) is 6.94. The highest BCUT2D eigenvalue weighted by Gasteiger charge is 2.51. The van der Waals surface area contributed by atoms with Gasteiger partial charge in [0, 0.05) is 32.4 Å². The molecule has 0 radical (unpaired) electrons. The first kappa shape index (κ1) is 23.5. The van der Waals surface area contributed by atoms with Gasteiger partial charge >= 0.3 is 0 Å². The van der Waals surface area contributed by atoms with Crippen molar-refractivity contribution < 1.29 is 19.1 Å². The van der Waals surface area contributed by atoms with Crippen molar-refractivity contribution >= 4 is 23.4 Å². The Kier molecular flexibility index (Phi) is 7.17. The highest BCUT2D eigenvalue weighted by Crippen LogP contribution is 2.37. The van der Waals surface area contributed by atoms with Crippen LogP contribution in [0.3, 0.4) is 0 Å². The summed E-state index contributed by atoms with van der Waals surface area (Å²) in [6.07, 6.45) is 5.59. The summed E-state index contributed by atoms with van der Waals surface area (Å²) in [7, 11) is 1.76. The summed E-state index contributed by atoms with van der Waals surface area (Å²) in [6.45, 7) is 7.70. The number of hydrogen-bond donors (Lipinski definition) is 0. The van der Waals surface area contributed by atoms with Crippen molar-refractivity contribution in [3.63, 3.8) is 0 Å². The Morgan fingerprint density at radius 3 is 2.15 bits per heavy atom. The second-order valence-electron chi connectivity index (χ2n) is 9.81. The Morgan fingerprint density at radius 2 is 1.61 bits per heavy atom. The summed E-state index contributed by atoms with van der Waals surface area (Å²) < 4.78 is 5.42. The molecule has 1 aliphatic carbocycles. The molecule has 3 amide bonds. The minimum absolute atomic E-state index is 0.172. The van der Waals surface area contributed by atoms with Crippen LogP contribution in [0.4, 0.5) is 5.69 Å². The van der Waals surface area contributed by atoms with Gasteiger partial charge in [-0.2, -0.15) is 0 Å². The number of amides is 3. The van der Waals surface area contributed by atoms with Gasteiger partial charge in [0.15, 0.2) is 0 Å². The lowest BCUT2D eigenvalue weighted by Gasteiger charge is -2.31. The molecule has 3 unspecified atom stereocenters. The van der Waals surface area contributed by atoms with Crippen LogP contribution >= 0.6 is 0 Å². The van der Waals surface area contributed by atoms with Crippen LogP contribution in [0, 0.1) is 17.8 Å². The normalized spacial score (nSPS) is 23.8. The standard InChI is InChI=1S/C26H35N3O4/c1-18(2)16-23(29-24(30)21-6-4-5-7-22(21)25(29)31)26(32)27(3)17-19-8-10-20(11-9-19)28-12-14-33-15-13-28/h4-5,8-11,18,21-23H,6-7,12-17H2,1-3H3. The van der Waals surface area contributed by atoms with E-state index in [1.165, 1.54) is 4.90 Å². The monoisotopic (exact) mass is 453 g/mol. The summed E-state index contributed by atoms with van der Waals surface area (Å²) in [5.41, 5.74) is 2.17. The van der Waals surface area contributed by atoms with Crippen LogP contribution in [0.1, 0.15) is 38.7 Å². The first-order chi connectivity index (χ1) is 15.9. The van der Waals surface area contributed by atoms with Gasteiger partial charge in [0.25, 0.3) is 0 Å². The number of carbonyl (C=O) groups excluding carboxylic acids is 3. The highest BCUT2D eigenvalue weighted by molar-refractivity contribution is 6.08. The summed E-state index contributed by atoms with van der Waals surface area (Å²) in [4.78, 5) is 45.0. The molecule has 0 spiro atoms. The molecule has 7 heteroatoms. The summed E-state index contributed by atoms with van der Waals surface area (Å²) in [6, 6.07) is 7.50. The molecule has 33 heavy (non-hydrogen) atoms. The Bertz CT molecular complexity index is 879. The van der Waals surface area contributed by atoms with E-state index >= 15 is 0 Å². The van der Waals surface area contributed by atoms with E-state index in [4.69, 9.17) is 4.74 Å². The van der Waals surface area contributed by atoms with Gasteiger partial charge in [0.05, 0.1) is 25.0 Å². The minimum atomic E-state index is -0.742. The number of morpholine rings is 1. The van der Waals surface area contributed by atoms with Gasteiger partial charge in [-0.1, -0.05) is 38.1 Å². The number of allylic oxidation sites excluding steroid dienone is 2. The molecule has 178 valence electrons. The zero-order chi connectivity index (χ0) is 23.5. The molecule has 2 aliphatic heterocycles. The smallest absolute Gasteiger partial charge is 0.245 e. The van der Waals surface area contributed by atoms with E-state index in [9.17, 15) is 14.4 Å². The van der Waals surface area contributed by atoms with Gasteiger partial charge in [-0.3, -0.25) is 19.3 Å². The third kappa shape index (κ3) is 4.98. The van der Waals surface area contributed by atoms with E-state index in [1.807, 2.05) is 38.1 Å². The van der Waals surface area contributed by atoms with Crippen molar-refractivity contribution in [3.05, 3.63) is 42.0 Å². The number of imide groups is 1. The lowest BCUT2D eigenvalue weighted by molar-refractivity contribution is -0.152. The number of carbonyl (C=O) groups is 3. The van der Waals surface area contributed by atoms with Crippen LogP contribution in [0.5, 0.6) is 0 Å². The number of fused-ring (bicyclic) bond motifs is 1. The van der Waals surface area contributed by atoms with Crippen molar-refractivity contribution in [1.29, 1.82) is 0 Å². The van der Waals surface area contributed by atoms with Crippen LogP contribution in [-0.2, 0) is 25.7 Å². The van der Waals surface area contributed by atoms with Crippen molar-refractivity contribution in [3.8, 4) is 0 Å². The van der Waals surface area contributed by atoms with Crippen molar-refractivity contribution in [2.45, 2.75) is 45.7 Å². The largest absolute Gasteiger partial charge is 0.378 e. The molecule has 2 fully saturated rings. The van der Waals surface area contributed by atoms with E-state index in [1.54, 1.807) is 11.9 Å². The maximum atomic E-state index is 13.5. The molecule has 2 saturated heterocycles. The molecule has 0 N–H and O–H groups in total. The summed E-state index contributed by atoms with van der Waals surface area (Å²) in [5.74, 6) is -0.991.